The van der Waals surface area contributed by atoms with Gasteiger partial charge in [-0.25, -0.2) is 4.79 Å². The van der Waals surface area contributed by atoms with Crippen LogP contribution in [0.1, 0.15) is 21.5 Å². The lowest BCUT2D eigenvalue weighted by atomic mass is 10.0. The van der Waals surface area contributed by atoms with Gasteiger partial charge in [0.05, 0.1) is 31.4 Å². The normalized spacial score (nSPS) is 10.8. The SMILES string of the molecule is COc1ccc(/C(C#N)=C\c2ccc(OC(=O)c3ccc(Br)cc3)cc2)cc1OC. The molecule has 0 atom stereocenters. The van der Waals surface area contributed by atoms with Crippen molar-refractivity contribution >= 4 is 33.5 Å². The Morgan fingerprint density at radius 3 is 2.13 bits per heavy atom. The maximum Gasteiger partial charge on any atom is 0.343 e. The highest BCUT2D eigenvalue weighted by molar-refractivity contribution is 9.10. The minimum Gasteiger partial charge on any atom is -0.493 e. The van der Waals surface area contributed by atoms with E-state index in [1.165, 1.54) is 0 Å². The number of methoxy groups -OCH3 is 2. The zero-order chi connectivity index (χ0) is 21.5. The second-order valence-corrected chi connectivity index (χ2v) is 7.12. The maximum absolute atomic E-state index is 12.2. The fraction of sp³-hybridized carbons (Fsp3) is 0.0833. The van der Waals surface area contributed by atoms with Crippen molar-refractivity contribution in [3.8, 4) is 23.3 Å². The first-order valence-electron chi connectivity index (χ1n) is 8.96. The molecule has 0 amide bonds. The molecule has 0 aromatic heterocycles. The maximum atomic E-state index is 12.2. The van der Waals surface area contributed by atoms with Gasteiger partial charge in [0, 0.05) is 4.47 Å². The lowest BCUT2D eigenvalue weighted by Crippen LogP contribution is -2.08. The van der Waals surface area contributed by atoms with Gasteiger partial charge in [0.1, 0.15) is 5.75 Å². The first kappa shape index (κ1) is 21.2. The van der Waals surface area contributed by atoms with E-state index in [-0.39, 0.29) is 0 Å². The van der Waals surface area contributed by atoms with E-state index in [9.17, 15) is 10.1 Å². The number of nitriles is 1. The van der Waals surface area contributed by atoms with E-state index < -0.39 is 5.97 Å². The van der Waals surface area contributed by atoms with Crippen LogP contribution >= 0.6 is 15.9 Å². The molecule has 0 spiro atoms. The van der Waals surface area contributed by atoms with Gasteiger partial charge in [0.2, 0.25) is 0 Å². The number of benzene rings is 3. The largest absolute Gasteiger partial charge is 0.493 e. The summed E-state index contributed by atoms with van der Waals surface area (Å²) in [6.45, 7) is 0. The highest BCUT2D eigenvalue weighted by atomic mass is 79.9. The Bertz CT molecular complexity index is 1110. The van der Waals surface area contributed by atoms with Crippen molar-refractivity contribution in [1.82, 2.24) is 0 Å². The third-order valence-electron chi connectivity index (χ3n) is 4.30. The number of carbonyl (C=O) groups is 1. The minimum atomic E-state index is -0.436. The molecule has 0 aliphatic rings. The van der Waals surface area contributed by atoms with Crippen LogP contribution in [0, 0.1) is 11.3 Å². The quantitative estimate of drug-likeness (QED) is 0.201. The molecule has 3 aromatic carbocycles. The van der Waals surface area contributed by atoms with Gasteiger partial charge in [-0.15, -0.1) is 0 Å². The Balaban J connectivity index is 1.78. The van der Waals surface area contributed by atoms with E-state index in [1.54, 1.807) is 87.0 Å². The molecule has 0 heterocycles. The van der Waals surface area contributed by atoms with Crippen molar-refractivity contribution in [2.45, 2.75) is 0 Å². The number of rotatable bonds is 6. The third kappa shape index (κ3) is 5.07. The van der Waals surface area contributed by atoms with Gasteiger partial charge in [-0.2, -0.15) is 5.26 Å². The molecule has 30 heavy (non-hydrogen) atoms. The molecule has 0 N–H and O–H groups in total. The summed E-state index contributed by atoms with van der Waals surface area (Å²) in [7, 11) is 3.11. The lowest BCUT2D eigenvalue weighted by molar-refractivity contribution is 0.0734. The van der Waals surface area contributed by atoms with E-state index in [2.05, 4.69) is 22.0 Å². The molecule has 6 heteroatoms. The van der Waals surface area contributed by atoms with Crippen LogP contribution in [0.5, 0.6) is 17.2 Å². The molecule has 0 fully saturated rings. The number of carbonyl (C=O) groups excluding carboxylic acids is 1. The molecule has 5 nitrogen and oxygen atoms in total. The molecular formula is C24H18BrNO4. The summed E-state index contributed by atoms with van der Waals surface area (Å²) in [6.07, 6.45) is 1.75. The Labute approximate surface area is 183 Å². The lowest BCUT2D eigenvalue weighted by Gasteiger charge is -2.09. The van der Waals surface area contributed by atoms with Crippen molar-refractivity contribution < 1.29 is 19.0 Å². The third-order valence-corrected chi connectivity index (χ3v) is 4.83. The number of halogens is 1. The van der Waals surface area contributed by atoms with Crippen molar-refractivity contribution in [2.24, 2.45) is 0 Å². The zero-order valence-electron chi connectivity index (χ0n) is 16.4. The number of ether oxygens (including phenoxy) is 3. The van der Waals surface area contributed by atoms with Gasteiger partial charge in [-0.3, -0.25) is 0 Å². The van der Waals surface area contributed by atoms with Crippen molar-refractivity contribution in [3.63, 3.8) is 0 Å². The molecule has 0 saturated heterocycles. The summed E-state index contributed by atoms with van der Waals surface area (Å²) in [6, 6.07) is 21.4. The summed E-state index contributed by atoms with van der Waals surface area (Å²) in [5, 5.41) is 9.59. The van der Waals surface area contributed by atoms with Crippen LogP contribution in [-0.4, -0.2) is 20.2 Å². The number of hydrogen-bond donors (Lipinski definition) is 0. The van der Waals surface area contributed by atoms with E-state index >= 15 is 0 Å². The predicted octanol–water partition coefficient (Wildman–Crippen LogP) is 5.75. The molecule has 3 aromatic rings. The first-order chi connectivity index (χ1) is 14.5. The molecule has 3 rings (SSSR count). The van der Waals surface area contributed by atoms with Crippen LogP contribution in [0.4, 0.5) is 0 Å². The molecular weight excluding hydrogens is 446 g/mol. The van der Waals surface area contributed by atoms with E-state index in [0.717, 1.165) is 10.0 Å². The van der Waals surface area contributed by atoms with E-state index in [4.69, 9.17) is 14.2 Å². The molecule has 150 valence electrons. The summed E-state index contributed by atoms with van der Waals surface area (Å²) in [5.74, 6) is 1.13. The average molecular weight is 464 g/mol. The molecule has 0 saturated carbocycles. The molecule has 0 unspecified atom stereocenters. The average Bonchev–Trinajstić information content (AvgIpc) is 2.78. The van der Waals surface area contributed by atoms with Gasteiger partial charge >= 0.3 is 5.97 Å². The van der Waals surface area contributed by atoms with Crippen molar-refractivity contribution in [1.29, 1.82) is 5.26 Å². The summed E-state index contributed by atoms with van der Waals surface area (Å²) in [4.78, 5) is 12.2. The van der Waals surface area contributed by atoms with Gasteiger partial charge in [-0.05, 0) is 71.8 Å². The first-order valence-corrected chi connectivity index (χ1v) is 9.75. The monoisotopic (exact) mass is 463 g/mol. The molecule has 0 aliphatic heterocycles. The van der Waals surface area contributed by atoms with Gasteiger partial charge in [0.25, 0.3) is 0 Å². The molecule has 0 aliphatic carbocycles. The Kier molecular flexibility index (Phi) is 6.89. The van der Waals surface area contributed by atoms with Gasteiger partial charge < -0.3 is 14.2 Å². The van der Waals surface area contributed by atoms with Gasteiger partial charge in [-0.1, -0.05) is 28.1 Å². The Morgan fingerprint density at radius 1 is 0.900 bits per heavy atom. The Morgan fingerprint density at radius 2 is 1.53 bits per heavy atom. The number of esters is 1. The number of nitrogens with zero attached hydrogens (tertiary/aromatic N) is 1. The highest BCUT2D eigenvalue weighted by Crippen LogP contribution is 2.31. The summed E-state index contributed by atoms with van der Waals surface area (Å²) < 4.78 is 16.8. The Hall–Kier alpha value is -3.56. The van der Waals surface area contributed by atoms with Crippen LogP contribution in [0.15, 0.2) is 71.2 Å². The highest BCUT2D eigenvalue weighted by Gasteiger charge is 2.10. The fourth-order valence-corrected chi connectivity index (χ4v) is 3.00. The number of allylic oxidation sites excluding steroid dienone is 1. The zero-order valence-corrected chi connectivity index (χ0v) is 18.0. The van der Waals surface area contributed by atoms with Crippen LogP contribution in [-0.2, 0) is 0 Å². The van der Waals surface area contributed by atoms with E-state index in [0.29, 0.717) is 33.9 Å². The van der Waals surface area contributed by atoms with Crippen molar-refractivity contribution in [2.75, 3.05) is 14.2 Å². The van der Waals surface area contributed by atoms with Crippen LogP contribution < -0.4 is 14.2 Å². The molecule has 0 bridgehead atoms. The predicted molar refractivity (Wildman–Crippen MR) is 119 cm³/mol. The van der Waals surface area contributed by atoms with Crippen LogP contribution in [0.3, 0.4) is 0 Å². The van der Waals surface area contributed by atoms with E-state index in [1.807, 2.05) is 0 Å². The smallest absolute Gasteiger partial charge is 0.343 e. The van der Waals surface area contributed by atoms with Crippen molar-refractivity contribution in [3.05, 3.63) is 87.9 Å². The standard InChI is InChI=1S/C24H18BrNO4/c1-28-22-12-7-18(14-23(22)29-2)19(15-26)13-16-3-10-21(11-4-16)30-24(27)17-5-8-20(25)9-6-17/h3-14H,1-2H3/b19-13-. The van der Waals surface area contributed by atoms with Crippen LogP contribution in [0.25, 0.3) is 11.6 Å². The second kappa shape index (κ2) is 9.77. The topological polar surface area (TPSA) is 68.5 Å². The second-order valence-electron chi connectivity index (χ2n) is 6.21. The fourth-order valence-electron chi connectivity index (χ4n) is 2.73. The van der Waals surface area contributed by atoms with Crippen LogP contribution in [0.2, 0.25) is 0 Å². The number of hydrogen-bond acceptors (Lipinski definition) is 5. The summed E-state index contributed by atoms with van der Waals surface area (Å²) >= 11 is 3.33. The molecule has 0 radical (unpaired) electrons. The minimum absolute atomic E-state index is 0.421. The van der Waals surface area contributed by atoms with Gasteiger partial charge in [0.15, 0.2) is 11.5 Å². The summed E-state index contributed by atoms with van der Waals surface area (Å²) in [5.41, 5.74) is 2.43.